The smallest absolute Gasteiger partial charge is 0.251 e. The van der Waals surface area contributed by atoms with E-state index in [0.29, 0.717) is 30.5 Å². The van der Waals surface area contributed by atoms with Gasteiger partial charge in [-0.25, -0.2) is 0 Å². The van der Waals surface area contributed by atoms with E-state index in [2.05, 4.69) is 19.2 Å². The van der Waals surface area contributed by atoms with Gasteiger partial charge in [-0.3, -0.25) is 9.59 Å². The van der Waals surface area contributed by atoms with Crippen molar-refractivity contribution in [2.45, 2.75) is 52.1 Å². The van der Waals surface area contributed by atoms with Crippen molar-refractivity contribution in [3.8, 4) is 0 Å². The van der Waals surface area contributed by atoms with Crippen LogP contribution in [0.3, 0.4) is 0 Å². The lowest BCUT2D eigenvalue weighted by Crippen LogP contribution is -2.26. The largest absolute Gasteiger partial charge is 0.349 e. The fourth-order valence-electron chi connectivity index (χ4n) is 2.22. The molecule has 120 valence electrons. The lowest BCUT2D eigenvalue weighted by atomic mass is 10.1. The maximum Gasteiger partial charge on any atom is 0.251 e. The van der Waals surface area contributed by atoms with Crippen molar-refractivity contribution in [1.82, 2.24) is 10.2 Å². The Morgan fingerprint density at radius 3 is 2.41 bits per heavy atom. The van der Waals surface area contributed by atoms with Crippen LogP contribution < -0.4 is 5.32 Å². The quantitative estimate of drug-likeness (QED) is 0.842. The Hall–Kier alpha value is -1.84. The summed E-state index contributed by atoms with van der Waals surface area (Å²) in [5.41, 5.74) is 1.73. The van der Waals surface area contributed by atoms with Crippen LogP contribution in [0.5, 0.6) is 0 Å². The third kappa shape index (κ3) is 5.17. The van der Waals surface area contributed by atoms with E-state index >= 15 is 0 Å². The van der Waals surface area contributed by atoms with E-state index in [9.17, 15) is 9.59 Å². The van der Waals surface area contributed by atoms with Gasteiger partial charge >= 0.3 is 0 Å². The normalized spacial score (nSPS) is 14.0. The van der Waals surface area contributed by atoms with Crippen molar-refractivity contribution >= 4 is 11.8 Å². The molecule has 1 aromatic carbocycles. The first-order valence-corrected chi connectivity index (χ1v) is 8.09. The summed E-state index contributed by atoms with van der Waals surface area (Å²) in [6.07, 6.45) is 3.69. The van der Waals surface area contributed by atoms with E-state index in [-0.39, 0.29) is 11.8 Å². The first-order chi connectivity index (χ1) is 10.5. The minimum Gasteiger partial charge on any atom is -0.349 e. The molecule has 4 heteroatoms. The van der Waals surface area contributed by atoms with E-state index in [1.165, 1.54) is 0 Å². The summed E-state index contributed by atoms with van der Waals surface area (Å²) in [4.78, 5) is 25.7. The van der Waals surface area contributed by atoms with Gasteiger partial charge in [0, 0.05) is 31.6 Å². The van der Waals surface area contributed by atoms with Gasteiger partial charge in [0.25, 0.3) is 5.91 Å². The molecule has 2 rings (SSSR count). The number of carbonyl (C=O) groups excluding carboxylic acids is 2. The SMILES string of the molecule is CC(C)CCC(=O)N(C)Cc1ccc(C(=O)NC2CC2)cc1. The van der Waals surface area contributed by atoms with Gasteiger partial charge in [-0.15, -0.1) is 0 Å². The first kappa shape index (κ1) is 16.5. The molecular weight excluding hydrogens is 276 g/mol. The van der Waals surface area contributed by atoms with Gasteiger partial charge in [0.15, 0.2) is 0 Å². The Bertz CT molecular complexity index is 518. The molecular formula is C18H26N2O2. The molecule has 2 amide bonds. The van der Waals surface area contributed by atoms with Gasteiger partial charge in [0.05, 0.1) is 0 Å². The van der Waals surface area contributed by atoms with Crippen LogP contribution in [-0.2, 0) is 11.3 Å². The summed E-state index contributed by atoms with van der Waals surface area (Å²) in [7, 11) is 1.83. The highest BCUT2D eigenvalue weighted by Gasteiger charge is 2.23. The predicted octanol–water partition coefficient (Wildman–Crippen LogP) is 2.97. The highest BCUT2D eigenvalue weighted by atomic mass is 16.2. The summed E-state index contributed by atoms with van der Waals surface area (Å²) in [5.74, 6) is 0.710. The molecule has 0 aliphatic heterocycles. The van der Waals surface area contributed by atoms with Crippen molar-refractivity contribution in [3.05, 3.63) is 35.4 Å². The molecule has 0 radical (unpaired) electrons. The number of rotatable bonds is 7. The molecule has 0 unspecified atom stereocenters. The molecule has 1 aliphatic rings. The summed E-state index contributed by atoms with van der Waals surface area (Å²) in [6.45, 7) is 4.83. The maximum atomic E-state index is 12.0. The Balaban J connectivity index is 1.84. The van der Waals surface area contributed by atoms with Crippen molar-refractivity contribution in [2.24, 2.45) is 5.92 Å². The van der Waals surface area contributed by atoms with Crippen molar-refractivity contribution in [1.29, 1.82) is 0 Å². The average Bonchev–Trinajstić information content (AvgIpc) is 3.29. The van der Waals surface area contributed by atoms with Gasteiger partial charge in [0.2, 0.25) is 5.91 Å². The third-order valence-electron chi connectivity index (χ3n) is 3.91. The minimum atomic E-state index is -0.00425. The summed E-state index contributed by atoms with van der Waals surface area (Å²) >= 11 is 0. The number of carbonyl (C=O) groups is 2. The molecule has 1 fully saturated rings. The number of hydrogen-bond acceptors (Lipinski definition) is 2. The van der Waals surface area contributed by atoms with E-state index in [1.54, 1.807) is 4.90 Å². The van der Waals surface area contributed by atoms with E-state index in [1.807, 2.05) is 31.3 Å². The second-order valence-corrected chi connectivity index (χ2v) is 6.63. The lowest BCUT2D eigenvalue weighted by molar-refractivity contribution is -0.130. The standard InChI is InChI=1S/C18H26N2O2/c1-13(2)4-11-17(21)20(3)12-14-5-7-15(8-6-14)18(22)19-16-9-10-16/h5-8,13,16H,4,9-12H2,1-3H3,(H,19,22). The molecule has 0 atom stereocenters. The van der Waals surface area contributed by atoms with Gasteiger partial charge in [0.1, 0.15) is 0 Å². The number of nitrogens with one attached hydrogen (secondary N) is 1. The Labute approximate surface area is 132 Å². The highest BCUT2D eigenvalue weighted by molar-refractivity contribution is 5.94. The molecule has 1 saturated carbocycles. The average molecular weight is 302 g/mol. The van der Waals surface area contributed by atoms with Crippen LogP contribution in [0.15, 0.2) is 24.3 Å². The Morgan fingerprint density at radius 1 is 1.23 bits per heavy atom. The molecule has 1 aliphatic carbocycles. The zero-order valence-corrected chi connectivity index (χ0v) is 13.8. The Morgan fingerprint density at radius 2 is 1.86 bits per heavy atom. The zero-order valence-electron chi connectivity index (χ0n) is 13.8. The van der Waals surface area contributed by atoms with Crippen LogP contribution in [-0.4, -0.2) is 29.8 Å². The van der Waals surface area contributed by atoms with Gasteiger partial charge in [-0.05, 0) is 42.9 Å². The van der Waals surface area contributed by atoms with Crippen LogP contribution in [0.25, 0.3) is 0 Å². The van der Waals surface area contributed by atoms with Gasteiger partial charge in [-0.2, -0.15) is 0 Å². The molecule has 0 bridgehead atoms. The molecule has 22 heavy (non-hydrogen) atoms. The first-order valence-electron chi connectivity index (χ1n) is 8.09. The fourth-order valence-corrected chi connectivity index (χ4v) is 2.22. The van der Waals surface area contributed by atoms with Crippen LogP contribution in [0.2, 0.25) is 0 Å². The van der Waals surface area contributed by atoms with E-state index in [0.717, 1.165) is 24.8 Å². The second-order valence-electron chi connectivity index (χ2n) is 6.63. The van der Waals surface area contributed by atoms with Crippen LogP contribution >= 0.6 is 0 Å². The topological polar surface area (TPSA) is 49.4 Å². The van der Waals surface area contributed by atoms with Crippen molar-refractivity contribution in [2.75, 3.05) is 7.05 Å². The molecule has 0 aromatic heterocycles. The second kappa shape index (κ2) is 7.43. The summed E-state index contributed by atoms with van der Waals surface area (Å²) < 4.78 is 0. The maximum absolute atomic E-state index is 12.0. The van der Waals surface area contributed by atoms with E-state index < -0.39 is 0 Å². The van der Waals surface area contributed by atoms with Crippen LogP contribution in [0.4, 0.5) is 0 Å². The monoisotopic (exact) mass is 302 g/mol. The minimum absolute atomic E-state index is 0.00425. The fraction of sp³-hybridized carbons (Fsp3) is 0.556. The number of nitrogens with zero attached hydrogens (tertiary/aromatic N) is 1. The summed E-state index contributed by atoms with van der Waals surface area (Å²) in [6, 6.07) is 7.89. The van der Waals surface area contributed by atoms with Crippen molar-refractivity contribution < 1.29 is 9.59 Å². The highest BCUT2D eigenvalue weighted by Crippen LogP contribution is 2.19. The molecule has 1 N–H and O–H groups in total. The molecule has 0 spiro atoms. The van der Waals surface area contributed by atoms with Crippen LogP contribution in [0, 0.1) is 5.92 Å². The predicted molar refractivity (Wildman–Crippen MR) is 87.5 cm³/mol. The molecule has 4 nitrogen and oxygen atoms in total. The van der Waals surface area contributed by atoms with Crippen molar-refractivity contribution in [3.63, 3.8) is 0 Å². The third-order valence-corrected chi connectivity index (χ3v) is 3.91. The summed E-state index contributed by atoms with van der Waals surface area (Å²) in [5, 5.41) is 2.97. The Kier molecular flexibility index (Phi) is 5.58. The molecule has 0 saturated heterocycles. The molecule has 0 heterocycles. The lowest BCUT2D eigenvalue weighted by Gasteiger charge is -2.18. The molecule has 1 aromatic rings. The van der Waals surface area contributed by atoms with Gasteiger partial charge < -0.3 is 10.2 Å². The number of amides is 2. The number of benzene rings is 1. The number of hydrogen-bond donors (Lipinski definition) is 1. The van der Waals surface area contributed by atoms with Gasteiger partial charge in [-0.1, -0.05) is 26.0 Å². The zero-order chi connectivity index (χ0) is 16.1. The van der Waals surface area contributed by atoms with Crippen LogP contribution in [0.1, 0.15) is 55.5 Å². The van der Waals surface area contributed by atoms with E-state index in [4.69, 9.17) is 0 Å².